The first-order chi connectivity index (χ1) is 8.94. The molecular formula is C8H8F8N2O2. The van der Waals surface area contributed by atoms with Gasteiger partial charge in [0.15, 0.2) is 0 Å². The molecule has 0 aromatic carbocycles. The molecule has 0 bridgehead atoms. The number of rotatable bonds is 7. The second-order valence-electron chi connectivity index (χ2n) is 3.36. The molecule has 0 unspecified atom stereocenters. The molecule has 0 saturated carbocycles. The number of alkyl halides is 8. The summed E-state index contributed by atoms with van der Waals surface area (Å²) in [5.74, 6) is -14.8. The highest BCUT2D eigenvalue weighted by molar-refractivity contribution is 5.84. The van der Waals surface area contributed by atoms with Crippen LogP contribution in [0.4, 0.5) is 35.1 Å². The van der Waals surface area contributed by atoms with Crippen molar-refractivity contribution in [3.8, 4) is 0 Å². The number of nitrogens with one attached hydrogen (secondary N) is 2. The quantitative estimate of drug-likeness (QED) is 0.544. The minimum Gasteiger partial charge on any atom is -0.349 e. The van der Waals surface area contributed by atoms with Crippen LogP contribution in [0.1, 0.15) is 0 Å². The fraction of sp³-hybridized carbons (Fsp3) is 0.750. The Hall–Kier alpha value is -1.62. The van der Waals surface area contributed by atoms with Gasteiger partial charge in [-0.3, -0.25) is 9.59 Å². The fourth-order valence-corrected chi connectivity index (χ4v) is 0.786. The van der Waals surface area contributed by atoms with Gasteiger partial charge in [0.2, 0.25) is 0 Å². The normalized spacial score (nSPS) is 12.7. The van der Waals surface area contributed by atoms with Gasteiger partial charge in [-0.1, -0.05) is 0 Å². The van der Waals surface area contributed by atoms with Crippen molar-refractivity contribution in [2.75, 3.05) is 13.1 Å². The van der Waals surface area contributed by atoms with Crippen LogP contribution in [0.2, 0.25) is 0 Å². The molecule has 2 amide bonds. The molecule has 0 aromatic heterocycles. The van der Waals surface area contributed by atoms with Crippen molar-refractivity contribution < 1.29 is 44.7 Å². The summed E-state index contributed by atoms with van der Waals surface area (Å²) in [6.45, 7) is -1.85. The molecule has 0 aliphatic heterocycles. The van der Waals surface area contributed by atoms with Crippen molar-refractivity contribution in [1.82, 2.24) is 10.6 Å². The Balaban J connectivity index is 4.17. The monoisotopic (exact) mass is 316 g/mol. The first kappa shape index (κ1) is 18.4. The van der Waals surface area contributed by atoms with Crippen LogP contribution in [0, 0.1) is 0 Å². The van der Waals surface area contributed by atoms with Crippen LogP contribution in [0.3, 0.4) is 0 Å². The Morgan fingerprint density at radius 3 is 1.20 bits per heavy atom. The van der Waals surface area contributed by atoms with Gasteiger partial charge in [-0.15, -0.1) is 0 Å². The molecule has 12 heteroatoms. The number of halogens is 8. The minimum atomic E-state index is -4.99. The van der Waals surface area contributed by atoms with Crippen molar-refractivity contribution in [1.29, 1.82) is 0 Å². The van der Waals surface area contributed by atoms with E-state index in [9.17, 15) is 44.7 Å². The van der Waals surface area contributed by atoms with E-state index in [2.05, 4.69) is 0 Å². The summed E-state index contributed by atoms with van der Waals surface area (Å²) in [6.07, 6.45) is -8.56. The van der Waals surface area contributed by atoms with Gasteiger partial charge in [0, 0.05) is 13.1 Å². The Kier molecular flexibility index (Phi) is 6.16. The third kappa shape index (κ3) is 4.49. The zero-order chi connectivity index (χ0) is 16.1. The number of amides is 2. The van der Waals surface area contributed by atoms with E-state index in [1.807, 2.05) is 0 Å². The van der Waals surface area contributed by atoms with Gasteiger partial charge in [0.25, 0.3) is 11.8 Å². The van der Waals surface area contributed by atoms with Gasteiger partial charge in [-0.05, 0) is 0 Å². The molecule has 118 valence electrons. The summed E-state index contributed by atoms with van der Waals surface area (Å²) < 4.78 is 96.1. The van der Waals surface area contributed by atoms with Gasteiger partial charge >= 0.3 is 24.7 Å². The van der Waals surface area contributed by atoms with E-state index in [0.717, 1.165) is 0 Å². The molecule has 0 rings (SSSR count). The van der Waals surface area contributed by atoms with E-state index in [1.54, 1.807) is 0 Å². The topological polar surface area (TPSA) is 58.2 Å². The Labute approximate surface area is 106 Å². The summed E-state index contributed by atoms with van der Waals surface area (Å²) in [6, 6.07) is 0. The third-order valence-electron chi connectivity index (χ3n) is 1.85. The summed E-state index contributed by atoms with van der Waals surface area (Å²) in [5.41, 5.74) is 0. The highest BCUT2D eigenvalue weighted by Crippen LogP contribution is 2.23. The lowest BCUT2D eigenvalue weighted by Gasteiger charge is -2.16. The van der Waals surface area contributed by atoms with Crippen molar-refractivity contribution in [3.63, 3.8) is 0 Å². The van der Waals surface area contributed by atoms with E-state index < -0.39 is 49.6 Å². The van der Waals surface area contributed by atoms with Gasteiger partial charge in [-0.2, -0.15) is 17.6 Å². The number of carbonyl (C=O) groups excluding carboxylic acids is 2. The minimum absolute atomic E-state index is 0.924. The SMILES string of the molecule is O=C(NCCNC(=O)C(F)(F)C(F)F)C(F)(F)C(F)F. The largest absolute Gasteiger partial charge is 0.383 e. The zero-order valence-electron chi connectivity index (χ0n) is 9.41. The van der Waals surface area contributed by atoms with Crippen molar-refractivity contribution >= 4 is 11.8 Å². The van der Waals surface area contributed by atoms with Crippen molar-refractivity contribution in [2.45, 2.75) is 24.7 Å². The lowest BCUT2D eigenvalue weighted by atomic mass is 10.3. The molecule has 0 spiro atoms. The first-order valence-corrected chi connectivity index (χ1v) is 4.82. The summed E-state index contributed by atoms with van der Waals surface area (Å²) in [5, 5.41) is 2.45. The van der Waals surface area contributed by atoms with Crippen LogP contribution in [0.15, 0.2) is 0 Å². The highest BCUT2D eigenvalue weighted by Gasteiger charge is 2.49. The highest BCUT2D eigenvalue weighted by atomic mass is 19.3. The van der Waals surface area contributed by atoms with Gasteiger partial charge in [0.1, 0.15) is 0 Å². The maximum atomic E-state index is 12.4. The maximum Gasteiger partial charge on any atom is 0.383 e. The van der Waals surface area contributed by atoms with E-state index >= 15 is 0 Å². The molecule has 0 saturated heterocycles. The second-order valence-corrected chi connectivity index (χ2v) is 3.36. The molecule has 0 fully saturated rings. The maximum absolute atomic E-state index is 12.4. The molecule has 0 aromatic rings. The molecule has 0 atom stereocenters. The van der Waals surface area contributed by atoms with E-state index in [1.165, 1.54) is 10.6 Å². The molecule has 0 aliphatic carbocycles. The van der Waals surface area contributed by atoms with Crippen LogP contribution in [-0.2, 0) is 9.59 Å². The zero-order valence-corrected chi connectivity index (χ0v) is 9.41. The Bertz CT molecular complexity index is 326. The molecular weight excluding hydrogens is 308 g/mol. The van der Waals surface area contributed by atoms with Crippen LogP contribution in [0.25, 0.3) is 0 Å². The Morgan fingerprint density at radius 1 is 0.750 bits per heavy atom. The number of hydrogen-bond donors (Lipinski definition) is 2. The lowest BCUT2D eigenvalue weighted by molar-refractivity contribution is -0.170. The summed E-state index contributed by atoms with van der Waals surface area (Å²) in [4.78, 5) is 21.1. The standard InChI is InChI=1S/C8H8F8N2O2/c9-3(10)7(13,14)5(19)17-1-2-18-6(20)8(15,16)4(11)12/h3-4H,1-2H2,(H,17,19)(H,18,20). The van der Waals surface area contributed by atoms with Crippen LogP contribution in [-0.4, -0.2) is 49.6 Å². The van der Waals surface area contributed by atoms with Crippen molar-refractivity contribution in [3.05, 3.63) is 0 Å². The summed E-state index contributed by atoms with van der Waals surface area (Å²) in [7, 11) is 0. The average molecular weight is 316 g/mol. The predicted octanol–water partition coefficient (Wildman–Crippen LogP) is 1.02. The predicted molar refractivity (Wildman–Crippen MR) is 47.9 cm³/mol. The van der Waals surface area contributed by atoms with E-state index in [4.69, 9.17) is 0 Å². The van der Waals surface area contributed by atoms with Gasteiger partial charge in [-0.25, -0.2) is 17.6 Å². The molecule has 4 nitrogen and oxygen atoms in total. The third-order valence-corrected chi connectivity index (χ3v) is 1.85. The van der Waals surface area contributed by atoms with E-state index in [-0.39, 0.29) is 0 Å². The van der Waals surface area contributed by atoms with E-state index in [0.29, 0.717) is 0 Å². The number of hydrogen-bond acceptors (Lipinski definition) is 2. The van der Waals surface area contributed by atoms with Crippen LogP contribution < -0.4 is 10.6 Å². The first-order valence-electron chi connectivity index (χ1n) is 4.82. The molecule has 0 radical (unpaired) electrons. The molecule has 20 heavy (non-hydrogen) atoms. The average Bonchev–Trinajstić information content (AvgIpc) is 2.33. The lowest BCUT2D eigenvalue weighted by Crippen LogP contribution is -2.50. The van der Waals surface area contributed by atoms with Gasteiger partial charge in [0.05, 0.1) is 0 Å². The molecule has 0 heterocycles. The molecule has 2 N–H and O–H groups in total. The Morgan fingerprint density at radius 2 is 1.00 bits per heavy atom. The fourth-order valence-electron chi connectivity index (χ4n) is 0.786. The van der Waals surface area contributed by atoms with Crippen LogP contribution >= 0.6 is 0 Å². The van der Waals surface area contributed by atoms with Crippen molar-refractivity contribution in [2.24, 2.45) is 0 Å². The second kappa shape index (κ2) is 6.70. The molecule has 0 aliphatic rings. The summed E-state index contributed by atoms with van der Waals surface area (Å²) >= 11 is 0. The smallest absolute Gasteiger partial charge is 0.349 e. The number of carbonyl (C=O) groups is 2. The van der Waals surface area contributed by atoms with Crippen LogP contribution in [0.5, 0.6) is 0 Å². The van der Waals surface area contributed by atoms with Gasteiger partial charge < -0.3 is 10.6 Å².